The van der Waals surface area contributed by atoms with E-state index >= 15 is 0 Å². The van der Waals surface area contributed by atoms with Gasteiger partial charge in [0.15, 0.2) is 0 Å². The van der Waals surface area contributed by atoms with Crippen LogP contribution < -0.4 is 5.32 Å². The smallest absolute Gasteiger partial charge is 0.404 e. The Morgan fingerprint density at radius 1 is 1.26 bits per heavy atom. The zero-order chi connectivity index (χ0) is 19.2. The lowest BCUT2D eigenvalue weighted by Crippen LogP contribution is -2.23. The summed E-state index contributed by atoms with van der Waals surface area (Å²) in [5.41, 5.74) is 1.47. The number of aromatic nitrogens is 1. The molecule has 0 aliphatic carbocycles. The van der Waals surface area contributed by atoms with Gasteiger partial charge in [-0.1, -0.05) is 36.0 Å². The molecule has 0 bridgehead atoms. The SMILES string of the molecule is O=Cc1cccc(Sc2sc(CCNC(=O)O)nc2-c2ccccc2F)c1. The second-order valence-electron chi connectivity index (χ2n) is 5.50. The Morgan fingerprint density at radius 2 is 2.07 bits per heavy atom. The quantitative estimate of drug-likeness (QED) is 0.559. The van der Waals surface area contributed by atoms with Crippen molar-refractivity contribution in [2.24, 2.45) is 0 Å². The molecule has 0 radical (unpaired) electrons. The van der Waals surface area contributed by atoms with Gasteiger partial charge in [-0.25, -0.2) is 14.2 Å². The summed E-state index contributed by atoms with van der Waals surface area (Å²) < 4.78 is 15.1. The summed E-state index contributed by atoms with van der Waals surface area (Å²) in [6.45, 7) is 0.226. The fourth-order valence-electron chi connectivity index (χ4n) is 2.38. The molecule has 5 nitrogen and oxygen atoms in total. The van der Waals surface area contributed by atoms with Crippen LogP contribution in [0.2, 0.25) is 0 Å². The monoisotopic (exact) mass is 402 g/mol. The first kappa shape index (κ1) is 19.1. The normalized spacial score (nSPS) is 10.6. The molecule has 27 heavy (non-hydrogen) atoms. The summed E-state index contributed by atoms with van der Waals surface area (Å²) in [6.07, 6.45) is 0.0892. The molecule has 0 atom stereocenters. The number of aldehydes is 1. The average Bonchev–Trinajstić information content (AvgIpc) is 3.04. The number of carbonyl (C=O) groups is 2. The van der Waals surface area contributed by atoms with Crippen molar-refractivity contribution < 1.29 is 19.1 Å². The van der Waals surface area contributed by atoms with Crippen molar-refractivity contribution in [3.8, 4) is 11.3 Å². The van der Waals surface area contributed by atoms with E-state index in [1.54, 1.807) is 36.4 Å². The minimum atomic E-state index is -1.10. The van der Waals surface area contributed by atoms with Gasteiger partial charge in [0.05, 0.1) is 14.9 Å². The fourth-order valence-corrected chi connectivity index (χ4v) is 4.74. The second-order valence-corrected chi connectivity index (χ2v) is 7.92. The Morgan fingerprint density at radius 3 is 2.81 bits per heavy atom. The molecule has 0 saturated heterocycles. The van der Waals surface area contributed by atoms with Crippen LogP contribution in [0.15, 0.2) is 57.6 Å². The summed E-state index contributed by atoms with van der Waals surface area (Å²) in [5, 5.41) is 11.7. The third-order valence-electron chi connectivity index (χ3n) is 3.59. The van der Waals surface area contributed by atoms with Crippen molar-refractivity contribution in [2.75, 3.05) is 6.54 Å². The number of rotatable bonds is 7. The average molecular weight is 402 g/mol. The van der Waals surface area contributed by atoms with Crippen LogP contribution >= 0.6 is 23.1 Å². The highest BCUT2D eigenvalue weighted by Gasteiger charge is 2.17. The third kappa shape index (κ3) is 4.93. The van der Waals surface area contributed by atoms with Crippen LogP contribution in [0, 0.1) is 5.82 Å². The predicted octanol–water partition coefficient (Wildman–Crippen LogP) is 4.72. The topological polar surface area (TPSA) is 79.3 Å². The molecule has 0 spiro atoms. The molecule has 0 fully saturated rings. The number of hydrogen-bond donors (Lipinski definition) is 2. The van der Waals surface area contributed by atoms with E-state index in [0.717, 1.165) is 15.4 Å². The molecule has 1 heterocycles. The minimum Gasteiger partial charge on any atom is -0.465 e. The Hall–Kier alpha value is -2.71. The van der Waals surface area contributed by atoms with Crippen LogP contribution in [0.3, 0.4) is 0 Å². The highest BCUT2D eigenvalue weighted by atomic mass is 32.2. The molecule has 0 aliphatic rings. The van der Waals surface area contributed by atoms with Crippen molar-refractivity contribution in [1.29, 1.82) is 0 Å². The molecule has 1 amide bonds. The lowest BCUT2D eigenvalue weighted by molar-refractivity contribution is 0.112. The standard InChI is InChI=1S/C19H15FN2O3S2/c20-15-7-2-1-6-14(15)17-18(26-13-5-3-4-12(10-13)11-23)27-16(22-17)8-9-21-19(24)25/h1-7,10-11,21H,8-9H2,(H,24,25). The Bertz CT molecular complexity index is 975. The van der Waals surface area contributed by atoms with E-state index < -0.39 is 6.09 Å². The molecule has 138 valence electrons. The van der Waals surface area contributed by atoms with Gasteiger partial charge < -0.3 is 10.4 Å². The van der Waals surface area contributed by atoms with E-state index in [4.69, 9.17) is 5.11 Å². The summed E-state index contributed by atoms with van der Waals surface area (Å²) in [6, 6.07) is 13.5. The van der Waals surface area contributed by atoms with Crippen LogP contribution in [0.5, 0.6) is 0 Å². The molecule has 0 aliphatic heterocycles. The van der Waals surface area contributed by atoms with E-state index in [9.17, 15) is 14.0 Å². The van der Waals surface area contributed by atoms with Crippen molar-refractivity contribution in [1.82, 2.24) is 10.3 Å². The lowest BCUT2D eigenvalue weighted by atomic mass is 10.1. The third-order valence-corrected chi connectivity index (χ3v) is 5.87. The van der Waals surface area contributed by atoms with Gasteiger partial charge in [0.25, 0.3) is 0 Å². The van der Waals surface area contributed by atoms with Crippen molar-refractivity contribution >= 4 is 35.5 Å². The molecule has 8 heteroatoms. The number of amides is 1. The Labute approximate surface area is 163 Å². The van der Waals surface area contributed by atoms with Crippen LogP contribution in [0.25, 0.3) is 11.3 Å². The van der Waals surface area contributed by atoms with Crippen molar-refractivity contribution in [2.45, 2.75) is 15.5 Å². The summed E-state index contributed by atoms with van der Waals surface area (Å²) in [7, 11) is 0. The number of benzene rings is 2. The summed E-state index contributed by atoms with van der Waals surface area (Å²) in [5.74, 6) is -0.374. The van der Waals surface area contributed by atoms with Crippen LogP contribution in [0.4, 0.5) is 9.18 Å². The second kappa shape index (κ2) is 8.79. The molecule has 3 aromatic rings. The first-order valence-electron chi connectivity index (χ1n) is 8.01. The summed E-state index contributed by atoms with van der Waals surface area (Å²) >= 11 is 2.79. The van der Waals surface area contributed by atoms with Crippen molar-refractivity contribution in [3.63, 3.8) is 0 Å². The maximum absolute atomic E-state index is 14.3. The molecule has 1 aromatic heterocycles. The number of carbonyl (C=O) groups excluding carboxylic acids is 1. The van der Waals surface area contributed by atoms with E-state index in [1.807, 2.05) is 6.07 Å². The molecule has 2 aromatic carbocycles. The largest absolute Gasteiger partial charge is 0.465 e. The van der Waals surface area contributed by atoms with Crippen LogP contribution in [-0.2, 0) is 6.42 Å². The van der Waals surface area contributed by atoms with Gasteiger partial charge in [-0.3, -0.25) is 4.79 Å². The Kier molecular flexibility index (Phi) is 6.20. The first-order chi connectivity index (χ1) is 13.1. The molecule has 0 saturated carbocycles. The highest BCUT2D eigenvalue weighted by molar-refractivity contribution is 8.01. The first-order valence-corrected chi connectivity index (χ1v) is 9.64. The van der Waals surface area contributed by atoms with Gasteiger partial charge in [0, 0.05) is 29.0 Å². The van der Waals surface area contributed by atoms with Gasteiger partial charge >= 0.3 is 6.09 Å². The maximum Gasteiger partial charge on any atom is 0.404 e. The van der Waals surface area contributed by atoms with Crippen LogP contribution in [-0.4, -0.2) is 29.0 Å². The van der Waals surface area contributed by atoms with E-state index in [2.05, 4.69) is 10.3 Å². The molecule has 2 N–H and O–H groups in total. The maximum atomic E-state index is 14.3. The number of nitrogens with one attached hydrogen (secondary N) is 1. The summed E-state index contributed by atoms with van der Waals surface area (Å²) in [4.78, 5) is 27.0. The van der Waals surface area contributed by atoms with E-state index in [0.29, 0.717) is 28.2 Å². The number of carboxylic acid groups (broad SMARTS) is 1. The van der Waals surface area contributed by atoms with Gasteiger partial charge in [-0.05, 0) is 24.3 Å². The van der Waals surface area contributed by atoms with Crippen molar-refractivity contribution in [3.05, 3.63) is 64.9 Å². The van der Waals surface area contributed by atoms with Crippen LogP contribution in [0.1, 0.15) is 15.4 Å². The minimum absolute atomic E-state index is 0.226. The lowest BCUT2D eigenvalue weighted by Gasteiger charge is -2.04. The molecular formula is C19H15FN2O3S2. The number of nitrogens with zero attached hydrogens (tertiary/aromatic N) is 1. The number of hydrogen-bond acceptors (Lipinski definition) is 5. The van der Waals surface area contributed by atoms with Gasteiger partial charge in [0.1, 0.15) is 12.1 Å². The zero-order valence-electron chi connectivity index (χ0n) is 14.0. The van der Waals surface area contributed by atoms with E-state index in [-0.39, 0.29) is 12.4 Å². The highest BCUT2D eigenvalue weighted by Crippen LogP contribution is 2.41. The number of thiazole rings is 1. The van der Waals surface area contributed by atoms with E-state index in [1.165, 1.54) is 29.2 Å². The fraction of sp³-hybridized carbons (Fsp3) is 0.105. The predicted molar refractivity (Wildman–Crippen MR) is 103 cm³/mol. The van der Waals surface area contributed by atoms with Gasteiger partial charge in [-0.2, -0.15) is 0 Å². The van der Waals surface area contributed by atoms with Gasteiger partial charge in [-0.15, -0.1) is 11.3 Å². The number of halogens is 1. The zero-order valence-corrected chi connectivity index (χ0v) is 15.6. The molecule has 0 unspecified atom stereocenters. The Balaban J connectivity index is 1.94. The molecular weight excluding hydrogens is 387 g/mol. The molecule has 3 rings (SSSR count). The van der Waals surface area contributed by atoms with Gasteiger partial charge in [0.2, 0.25) is 0 Å².